The highest BCUT2D eigenvalue weighted by atomic mass is 35.5. The molecule has 0 spiro atoms. The molecule has 1 unspecified atom stereocenters. The minimum Gasteiger partial charge on any atom is -0.330 e. The first kappa shape index (κ1) is 15.3. The lowest BCUT2D eigenvalue weighted by molar-refractivity contribution is 0.174. The fourth-order valence-electron chi connectivity index (χ4n) is 1.75. The van der Waals surface area contributed by atoms with Crippen molar-refractivity contribution in [2.75, 3.05) is 20.1 Å². The van der Waals surface area contributed by atoms with Crippen LogP contribution in [-0.4, -0.2) is 25.0 Å². The first-order chi connectivity index (χ1) is 7.76. The molecule has 1 heterocycles. The highest BCUT2D eigenvalue weighted by Crippen LogP contribution is 2.37. The van der Waals surface area contributed by atoms with E-state index in [1.807, 2.05) is 6.07 Å². The molecule has 5 heteroatoms. The van der Waals surface area contributed by atoms with E-state index in [0.29, 0.717) is 6.54 Å². The zero-order valence-corrected chi connectivity index (χ0v) is 13.1. The van der Waals surface area contributed by atoms with Crippen molar-refractivity contribution in [2.24, 2.45) is 11.1 Å². The Morgan fingerprint density at radius 2 is 2.06 bits per heavy atom. The average Bonchev–Trinajstić information content (AvgIpc) is 2.56. The quantitative estimate of drug-likeness (QED) is 0.888. The number of rotatable bonds is 5. The summed E-state index contributed by atoms with van der Waals surface area (Å²) in [5.41, 5.74) is 6.96. The molecule has 1 aromatic rings. The highest BCUT2D eigenvalue weighted by molar-refractivity contribution is 7.20. The third kappa shape index (κ3) is 4.11. The van der Waals surface area contributed by atoms with E-state index in [1.165, 1.54) is 11.3 Å². The minimum absolute atomic E-state index is 0.106. The van der Waals surface area contributed by atoms with Gasteiger partial charge in [-0.1, -0.05) is 37.0 Å². The Bertz CT molecular complexity index is 377. The predicted molar refractivity (Wildman–Crippen MR) is 78.2 cm³/mol. The van der Waals surface area contributed by atoms with E-state index in [-0.39, 0.29) is 11.5 Å². The van der Waals surface area contributed by atoms with Crippen molar-refractivity contribution in [1.29, 1.82) is 0 Å². The lowest BCUT2D eigenvalue weighted by atomic mass is 9.92. The van der Waals surface area contributed by atoms with Gasteiger partial charge in [0.05, 0.1) is 8.67 Å². The van der Waals surface area contributed by atoms with E-state index >= 15 is 0 Å². The average molecular weight is 295 g/mol. The van der Waals surface area contributed by atoms with Crippen molar-refractivity contribution >= 4 is 34.5 Å². The lowest BCUT2D eigenvalue weighted by Crippen LogP contribution is -2.37. The maximum atomic E-state index is 6.17. The topological polar surface area (TPSA) is 29.3 Å². The fraction of sp³-hybridized carbons (Fsp3) is 0.667. The highest BCUT2D eigenvalue weighted by Gasteiger charge is 2.23. The first-order valence-corrected chi connectivity index (χ1v) is 7.19. The van der Waals surface area contributed by atoms with Gasteiger partial charge in [-0.15, -0.1) is 11.3 Å². The summed E-state index contributed by atoms with van der Waals surface area (Å²) in [6.45, 7) is 8.06. The summed E-state index contributed by atoms with van der Waals surface area (Å²) in [6, 6.07) is 2.20. The Kier molecular flexibility index (Phi) is 5.29. The molecule has 2 nitrogen and oxygen atoms in total. The normalized spacial score (nSPS) is 14.4. The van der Waals surface area contributed by atoms with Gasteiger partial charge in [0.15, 0.2) is 0 Å². The van der Waals surface area contributed by atoms with Gasteiger partial charge < -0.3 is 5.73 Å². The molecule has 1 atom stereocenters. The molecule has 0 saturated carbocycles. The third-order valence-electron chi connectivity index (χ3n) is 3.02. The molecule has 1 aromatic heterocycles. The summed E-state index contributed by atoms with van der Waals surface area (Å²) in [6.07, 6.45) is 0. The van der Waals surface area contributed by atoms with Gasteiger partial charge >= 0.3 is 0 Å². The smallest absolute Gasteiger partial charge is 0.0991 e. The van der Waals surface area contributed by atoms with Gasteiger partial charge in [0.25, 0.3) is 0 Å². The van der Waals surface area contributed by atoms with E-state index in [4.69, 9.17) is 28.9 Å². The third-order valence-corrected chi connectivity index (χ3v) is 4.54. The number of thiophene rings is 1. The second-order valence-corrected chi connectivity index (χ2v) is 7.52. The van der Waals surface area contributed by atoms with Crippen LogP contribution in [0.3, 0.4) is 0 Å². The molecule has 2 N–H and O–H groups in total. The van der Waals surface area contributed by atoms with E-state index < -0.39 is 0 Å². The van der Waals surface area contributed by atoms with E-state index in [9.17, 15) is 0 Å². The molecule has 1 rings (SSSR count). The number of halogens is 2. The Morgan fingerprint density at radius 1 is 1.47 bits per heavy atom. The van der Waals surface area contributed by atoms with Crippen LogP contribution in [0.15, 0.2) is 6.07 Å². The monoisotopic (exact) mass is 294 g/mol. The van der Waals surface area contributed by atoms with Gasteiger partial charge in [0.1, 0.15) is 0 Å². The number of nitrogens with zero attached hydrogens (tertiary/aromatic N) is 1. The molecular formula is C12H20Cl2N2S. The zero-order chi connectivity index (χ0) is 13.2. The second-order valence-electron chi connectivity index (χ2n) is 5.24. The second kappa shape index (κ2) is 5.89. The van der Waals surface area contributed by atoms with Crippen molar-refractivity contribution in [2.45, 2.75) is 26.8 Å². The van der Waals surface area contributed by atoms with Crippen LogP contribution < -0.4 is 5.73 Å². The van der Waals surface area contributed by atoms with Gasteiger partial charge in [-0.3, -0.25) is 4.90 Å². The predicted octanol–water partition coefficient (Wildman–Crippen LogP) is 4.03. The molecule has 0 bridgehead atoms. The summed E-state index contributed by atoms with van der Waals surface area (Å²) < 4.78 is 1.52. The van der Waals surface area contributed by atoms with Crippen LogP contribution in [-0.2, 0) is 0 Å². The Labute approximate surface area is 118 Å². The molecular weight excluding hydrogens is 275 g/mol. The van der Waals surface area contributed by atoms with Gasteiger partial charge in [-0.05, 0) is 32.0 Å². The largest absolute Gasteiger partial charge is 0.330 e. The Balaban J connectivity index is 2.76. The van der Waals surface area contributed by atoms with Crippen LogP contribution in [0.2, 0.25) is 8.67 Å². The molecule has 0 aromatic carbocycles. The standard InChI is InChI=1S/C12H20Cl2N2S/c1-8(9-5-10(13)17-11(9)14)16(4)7-12(2,3)6-15/h5,8H,6-7,15H2,1-4H3. The maximum absolute atomic E-state index is 6.17. The van der Waals surface area contributed by atoms with Gasteiger partial charge in [-0.2, -0.15) is 0 Å². The van der Waals surface area contributed by atoms with Crippen molar-refractivity contribution in [3.8, 4) is 0 Å². The SMILES string of the molecule is CC(c1cc(Cl)sc1Cl)N(C)CC(C)(C)CN. The molecule has 0 fully saturated rings. The van der Waals surface area contributed by atoms with Crippen LogP contribution in [0.4, 0.5) is 0 Å². The summed E-state index contributed by atoms with van der Waals surface area (Å²) in [5, 5.41) is 0. The van der Waals surface area contributed by atoms with Gasteiger partial charge in [0, 0.05) is 18.2 Å². The fourth-order valence-corrected chi connectivity index (χ4v) is 3.39. The summed E-state index contributed by atoms with van der Waals surface area (Å²) >= 11 is 13.6. The van der Waals surface area contributed by atoms with Crippen molar-refractivity contribution in [3.63, 3.8) is 0 Å². The summed E-state index contributed by atoms with van der Waals surface area (Å²) in [7, 11) is 2.09. The molecule has 17 heavy (non-hydrogen) atoms. The maximum Gasteiger partial charge on any atom is 0.0991 e. The van der Waals surface area contributed by atoms with Crippen LogP contribution in [0.5, 0.6) is 0 Å². The summed E-state index contributed by atoms with van der Waals surface area (Å²) in [5.74, 6) is 0. The molecule has 0 aliphatic heterocycles. The van der Waals surface area contributed by atoms with Gasteiger partial charge in [0.2, 0.25) is 0 Å². The Hall–Kier alpha value is 0.200. The van der Waals surface area contributed by atoms with Crippen LogP contribution in [0, 0.1) is 5.41 Å². The molecule has 0 saturated heterocycles. The van der Waals surface area contributed by atoms with E-state index in [1.54, 1.807) is 0 Å². The molecule has 98 valence electrons. The van der Waals surface area contributed by atoms with Crippen molar-refractivity contribution < 1.29 is 0 Å². The molecule has 0 aliphatic rings. The number of nitrogens with two attached hydrogens (primary N) is 1. The van der Waals surface area contributed by atoms with Gasteiger partial charge in [-0.25, -0.2) is 0 Å². The number of hydrogen-bond donors (Lipinski definition) is 1. The minimum atomic E-state index is 0.106. The van der Waals surface area contributed by atoms with E-state index in [2.05, 4.69) is 32.7 Å². The van der Waals surface area contributed by atoms with Crippen molar-refractivity contribution in [1.82, 2.24) is 4.90 Å². The Morgan fingerprint density at radius 3 is 2.47 bits per heavy atom. The van der Waals surface area contributed by atoms with E-state index in [0.717, 1.165) is 20.8 Å². The first-order valence-electron chi connectivity index (χ1n) is 5.62. The zero-order valence-electron chi connectivity index (χ0n) is 10.8. The van der Waals surface area contributed by atoms with Crippen LogP contribution in [0.25, 0.3) is 0 Å². The molecule has 0 radical (unpaired) electrons. The van der Waals surface area contributed by atoms with Crippen LogP contribution in [0.1, 0.15) is 32.4 Å². The van der Waals surface area contributed by atoms with Crippen molar-refractivity contribution in [3.05, 3.63) is 20.3 Å². The summed E-state index contributed by atoms with van der Waals surface area (Å²) in [4.78, 5) is 2.26. The molecule has 0 aliphatic carbocycles. The lowest BCUT2D eigenvalue weighted by Gasteiger charge is -2.33. The molecule has 0 amide bonds. The van der Waals surface area contributed by atoms with Crippen LogP contribution >= 0.6 is 34.5 Å². The number of hydrogen-bond acceptors (Lipinski definition) is 3.